The van der Waals surface area contributed by atoms with E-state index in [4.69, 9.17) is 4.74 Å². The molecule has 7 nitrogen and oxygen atoms in total. The summed E-state index contributed by atoms with van der Waals surface area (Å²) in [6.45, 7) is 4.22. The molecule has 1 aromatic carbocycles. The average molecular weight is 455 g/mol. The molecule has 0 aliphatic heterocycles. The number of aromatic nitrogens is 1. The molecule has 0 aliphatic rings. The van der Waals surface area contributed by atoms with Crippen LogP contribution in [0.4, 0.5) is 18.9 Å². The van der Waals surface area contributed by atoms with E-state index in [0.717, 1.165) is 23.5 Å². The number of thiazole rings is 1. The summed E-state index contributed by atoms with van der Waals surface area (Å²) in [5, 5.41) is 21.8. The molecule has 0 fully saturated rings. The van der Waals surface area contributed by atoms with E-state index in [2.05, 4.69) is 5.32 Å². The normalized spacial score (nSPS) is 15.1. The highest BCUT2D eigenvalue weighted by Gasteiger charge is 2.51. The van der Waals surface area contributed by atoms with Crippen molar-refractivity contribution < 1.29 is 27.8 Å². The highest BCUT2D eigenvalue weighted by molar-refractivity contribution is 7.07. The summed E-state index contributed by atoms with van der Waals surface area (Å²) in [6.07, 6.45) is -3.50. The van der Waals surface area contributed by atoms with E-state index in [9.17, 15) is 33.1 Å². The quantitative estimate of drug-likeness (QED) is 0.644. The van der Waals surface area contributed by atoms with E-state index >= 15 is 0 Å². The SMILES string of the molecule is CCOC(=O)C(C#N)=c1sc(=CNc2ccc(C(C)(O)C(F)(F)F)cc2)c(=O)n1CC. The highest BCUT2D eigenvalue weighted by Crippen LogP contribution is 2.38. The van der Waals surface area contributed by atoms with Crippen LogP contribution < -0.4 is 20.1 Å². The van der Waals surface area contributed by atoms with Crippen LogP contribution in [-0.2, 0) is 21.7 Å². The monoisotopic (exact) mass is 455 g/mol. The molecule has 2 N–H and O–H groups in total. The van der Waals surface area contributed by atoms with Crippen LogP contribution in [0.2, 0.25) is 0 Å². The number of nitrogens with zero attached hydrogens (tertiary/aromatic N) is 2. The number of nitriles is 1. The second-order valence-electron chi connectivity index (χ2n) is 6.46. The number of esters is 1. The predicted molar refractivity (Wildman–Crippen MR) is 109 cm³/mol. The molecule has 1 heterocycles. The first-order valence-corrected chi connectivity index (χ1v) is 9.97. The van der Waals surface area contributed by atoms with Crippen LogP contribution in [-0.4, -0.2) is 28.4 Å². The van der Waals surface area contributed by atoms with Crippen molar-refractivity contribution in [1.29, 1.82) is 5.26 Å². The number of aliphatic hydroxyl groups is 1. The maximum Gasteiger partial charge on any atom is 0.421 e. The van der Waals surface area contributed by atoms with Gasteiger partial charge in [-0.3, -0.25) is 9.36 Å². The third-order valence-electron chi connectivity index (χ3n) is 4.40. The molecular weight excluding hydrogens is 435 g/mol. The van der Waals surface area contributed by atoms with Crippen LogP contribution in [0.15, 0.2) is 29.1 Å². The van der Waals surface area contributed by atoms with Crippen LogP contribution >= 0.6 is 11.3 Å². The maximum atomic E-state index is 12.9. The summed E-state index contributed by atoms with van der Waals surface area (Å²) in [5.74, 6) is -0.833. The number of hydrogen-bond donors (Lipinski definition) is 2. The maximum absolute atomic E-state index is 12.9. The van der Waals surface area contributed by atoms with Crippen LogP contribution in [0.3, 0.4) is 0 Å². The molecule has 1 aromatic heterocycles. The van der Waals surface area contributed by atoms with Gasteiger partial charge in [-0.25, -0.2) is 4.79 Å². The Morgan fingerprint density at radius 3 is 2.42 bits per heavy atom. The average Bonchev–Trinajstić information content (AvgIpc) is 3.02. The molecule has 0 aliphatic carbocycles. The lowest BCUT2D eigenvalue weighted by Crippen LogP contribution is -2.39. The molecule has 2 rings (SSSR count). The Bertz CT molecular complexity index is 1170. The smallest absolute Gasteiger partial charge is 0.421 e. The fraction of sp³-hybridized carbons (Fsp3) is 0.350. The highest BCUT2D eigenvalue weighted by atomic mass is 32.1. The summed E-state index contributed by atoms with van der Waals surface area (Å²) in [4.78, 5) is 24.6. The summed E-state index contributed by atoms with van der Waals surface area (Å²) in [6, 6.07) is 6.66. The third kappa shape index (κ3) is 4.98. The minimum Gasteiger partial charge on any atom is -0.462 e. The van der Waals surface area contributed by atoms with Gasteiger partial charge in [-0.1, -0.05) is 12.1 Å². The molecule has 0 bridgehead atoms. The lowest BCUT2D eigenvalue weighted by molar-refractivity contribution is -0.258. The van der Waals surface area contributed by atoms with E-state index in [1.165, 1.54) is 22.9 Å². The molecule has 0 radical (unpaired) electrons. The number of carbonyl (C=O) groups is 1. The third-order valence-corrected chi connectivity index (χ3v) is 5.53. The minimum atomic E-state index is -4.83. The number of hydrogen-bond acceptors (Lipinski definition) is 7. The van der Waals surface area contributed by atoms with Gasteiger partial charge in [-0.2, -0.15) is 18.4 Å². The molecule has 166 valence electrons. The van der Waals surface area contributed by atoms with Crippen molar-refractivity contribution in [2.75, 3.05) is 11.9 Å². The largest absolute Gasteiger partial charge is 0.462 e. The van der Waals surface area contributed by atoms with Crippen molar-refractivity contribution in [3.05, 3.63) is 49.4 Å². The van der Waals surface area contributed by atoms with E-state index in [1.807, 2.05) is 0 Å². The van der Waals surface area contributed by atoms with Crippen LogP contribution in [0.5, 0.6) is 0 Å². The fourth-order valence-corrected chi connectivity index (χ4v) is 3.66. The summed E-state index contributed by atoms with van der Waals surface area (Å²) < 4.78 is 45.3. The Morgan fingerprint density at radius 1 is 1.32 bits per heavy atom. The first-order valence-electron chi connectivity index (χ1n) is 9.15. The zero-order valence-electron chi connectivity index (χ0n) is 16.9. The zero-order valence-corrected chi connectivity index (χ0v) is 17.7. The molecule has 11 heteroatoms. The van der Waals surface area contributed by atoms with Crippen molar-refractivity contribution in [2.24, 2.45) is 0 Å². The van der Waals surface area contributed by atoms with Crippen molar-refractivity contribution >= 4 is 34.8 Å². The lowest BCUT2D eigenvalue weighted by Gasteiger charge is -2.26. The number of anilines is 1. The van der Waals surface area contributed by atoms with Crippen molar-refractivity contribution in [3.63, 3.8) is 0 Å². The number of benzene rings is 1. The molecule has 1 atom stereocenters. The molecule has 0 amide bonds. The van der Waals surface area contributed by atoms with Gasteiger partial charge in [0.15, 0.2) is 11.2 Å². The molecule has 0 saturated heterocycles. The Hall–Kier alpha value is -3.10. The van der Waals surface area contributed by atoms with Gasteiger partial charge in [0.2, 0.25) is 0 Å². The number of carbonyl (C=O) groups excluding carboxylic acids is 1. The summed E-state index contributed by atoms with van der Waals surface area (Å²) in [7, 11) is 0. The number of halogens is 3. The van der Waals surface area contributed by atoms with E-state index in [-0.39, 0.29) is 33.5 Å². The van der Waals surface area contributed by atoms with Gasteiger partial charge < -0.3 is 15.2 Å². The van der Waals surface area contributed by atoms with E-state index < -0.39 is 23.3 Å². The van der Waals surface area contributed by atoms with Crippen LogP contribution in [0, 0.1) is 11.3 Å². The Kier molecular flexibility index (Phi) is 7.30. The van der Waals surface area contributed by atoms with Crippen molar-refractivity contribution in [2.45, 2.75) is 39.1 Å². The second kappa shape index (κ2) is 9.36. The summed E-state index contributed by atoms with van der Waals surface area (Å²) in [5.41, 5.74) is -3.69. The first-order chi connectivity index (χ1) is 14.5. The standard InChI is InChI=1S/C20H20F3N3O4S/c1-4-26-16(27)15(31-17(26)14(10-24)18(28)30-5-2)11-25-13-8-6-12(7-9-13)19(3,29)20(21,22)23/h6-9,11,25,29H,4-5H2,1-3H3. The van der Waals surface area contributed by atoms with Crippen LogP contribution in [0.1, 0.15) is 26.3 Å². The molecule has 0 spiro atoms. The summed E-state index contributed by atoms with van der Waals surface area (Å²) >= 11 is 0.911. The van der Waals surface area contributed by atoms with Crippen molar-refractivity contribution in [1.82, 2.24) is 4.57 Å². The van der Waals surface area contributed by atoms with Gasteiger partial charge in [0, 0.05) is 18.4 Å². The minimum absolute atomic E-state index is 0.0729. The molecule has 1 unspecified atom stereocenters. The van der Waals surface area contributed by atoms with Gasteiger partial charge >= 0.3 is 12.1 Å². The van der Waals surface area contributed by atoms with E-state index in [0.29, 0.717) is 12.6 Å². The number of alkyl halides is 3. The van der Waals surface area contributed by atoms with Gasteiger partial charge in [-0.15, -0.1) is 11.3 Å². The molecular formula is C20H20F3N3O4S. The molecule has 2 aromatic rings. The van der Waals surface area contributed by atoms with Crippen molar-refractivity contribution in [3.8, 4) is 6.07 Å². The van der Waals surface area contributed by atoms with Gasteiger partial charge in [0.1, 0.15) is 15.3 Å². The van der Waals surface area contributed by atoms with Gasteiger partial charge in [0.05, 0.1) is 6.61 Å². The molecule has 31 heavy (non-hydrogen) atoms. The Balaban J connectivity index is 2.45. The zero-order chi connectivity index (χ0) is 23.4. The fourth-order valence-electron chi connectivity index (χ4n) is 2.58. The molecule has 0 saturated carbocycles. The Morgan fingerprint density at radius 2 is 1.94 bits per heavy atom. The van der Waals surface area contributed by atoms with E-state index in [1.54, 1.807) is 19.9 Å². The lowest BCUT2D eigenvalue weighted by atomic mass is 9.95. The van der Waals surface area contributed by atoms with Gasteiger partial charge in [-0.05, 0) is 38.5 Å². The van der Waals surface area contributed by atoms with Gasteiger partial charge in [0.25, 0.3) is 5.56 Å². The number of rotatable bonds is 6. The first kappa shape index (κ1) is 24.2. The topological polar surface area (TPSA) is 104 Å². The number of nitrogens with one attached hydrogen (secondary N) is 1. The predicted octanol–water partition coefficient (Wildman–Crippen LogP) is 1.79. The number of ether oxygens (including phenoxy) is 1. The van der Waals surface area contributed by atoms with Crippen LogP contribution in [0.25, 0.3) is 11.8 Å². The Labute approximate surface area is 179 Å². The second-order valence-corrected chi connectivity index (χ2v) is 7.49.